The number of nitriles is 1. The monoisotopic (exact) mass is 431 g/mol. The maximum atomic E-state index is 12.7. The van der Waals surface area contributed by atoms with Crippen molar-refractivity contribution < 1.29 is 13.2 Å². The van der Waals surface area contributed by atoms with Crippen LogP contribution in [-0.2, 0) is 0 Å². The summed E-state index contributed by atoms with van der Waals surface area (Å²) in [5, 5.41) is 14.7. The number of anilines is 1. The number of allylic oxidation sites excluding steroid dienone is 1. The predicted molar refractivity (Wildman–Crippen MR) is 113 cm³/mol. The fraction of sp³-hybridized carbons (Fsp3) is 0.143. The molecule has 0 fully saturated rings. The van der Waals surface area contributed by atoms with E-state index in [2.05, 4.69) is 16.4 Å². The van der Waals surface area contributed by atoms with Crippen LogP contribution >= 0.6 is 23.1 Å². The van der Waals surface area contributed by atoms with E-state index in [1.54, 1.807) is 6.07 Å². The molecule has 1 heterocycles. The minimum absolute atomic E-state index is 0.0310. The number of halogens is 3. The highest BCUT2D eigenvalue weighted by Crippen LogP contribution is 2.40. The van der Waals surface area contributed by atoms with E-state index < -0.39 is 5.51 Å². The standard InChI is InChI=1S/C21H16F3N3S2/c1-13-7-8-15(9-14(13)2)18-12-28-20(27-18)16(10-25)11-26-17-5-3-4-6-19(17)29-21(22,23)24/h3-9,11-12,26H,1-2H3/b16-11+. The zero-order valence-corrected chi connectivity index (χ0v) is 17.2. The van der Waals surface area contributed by atoms with E-state index in [4.69, 9.17) is 0 Å². The smallest absolute Gasteiger partial charge is 0.359 e. The van der Waals surface area contributed by atoms with E-state index in [1.807, 2.05) is 37.4 Å². The summed E-state index contributed by atoms with van der Waals surface area (Å²) in [6.07, 6.45) is 1.39. The number of hydrogen-bond acceptors (Lipinski definition) is 5. The molecule has 1 N–H and O–H groups in total. The van der Waals surface area contributed by atoms with Crippen LogP contribution in [0.3, 0.4) is 0 Å². The second-order valence-corrected chi connectivity index (χ2v) is 8.16. The summed E-state index contributed by atoms with van der Waals surface area (Å²) in [7, 11) is 0. The molecule has 0 amide bonds. The van der Waals surface area contributed by atoms with Gasteiger partial charge in [0.2, 0.25) is 0 Å². The first kappa shape index (κ1) is 21.0. The maximum absolute atomic E-state index is 12.7. The molecule has 0 spiro atoms. The third kappa shape index (κ3) is 5.40. The molecule has 0 bridgehead atoms. The number of nitrogens with one attached hydrogen (secondary N) is 1. The Morgan fingerprint density at radius 1 is 1.17 bits per heavy atom. The molecule has 0 saturated carbocycles. The van der Waals surface area contributed by atoms with Crippen LogP contribution in [0.1, 0.15) is 16.1 Å². The van der Waals surface area contributed by atoms with Gasteiger partial charge >= 0.3 is 5.51 Å². The fourth-order valence-electron chi connectivity index (χ4n) is 2.52. The lowest BCUT2D eigenvalue weighted by Crippen LogP contribution is -2.01. The molecule has 3 nitrogen and oxygen atoms in total. The van der Waals surface area contributed by atoms with Gasteiger partial charge in [-0.15, -0.1) is 11.3 Å². The van der Waals surface area contributed by atoms with Gasteiger partial charge in [-0.25, -0.2) is 4.98 Å². The van der Waals surface area contributed by atoms with E-state index in [0.29, 0.717) is 5.01 Å². The Balaban J connectivity index is 1.84. The molecule has 0 aliphatic carbocycles. The van der Waals surface area contributed by atoms with Gasteiger partial charge < -0.3 is 5.32 Å². The SMILES string of the molecule is Cc1ccc(-c2csc(/C(C#N)=C/Nc3ccccc3SC(F)(F)F)n2)cc1C. The topological polar surface area (TPSA) is 48.7 Å². The summed E-state index contributed by atoms with van der Waals surface area (Å²) in [5.74, 6) is 0. The highest BCUT2D eigenvalue weighted by atomic mass is 32.2. The van der Waals surface area contributed by atoms with Crippen molar-refractivity contribution >= 4 is 34.4 Å². The molecule has 0 aliphatic rings. The van der Waals surface area contributed by atoms with Crippen molar-refractivity contribution in [3.05, 3.63) is 70.2 Å². The van der Waals surface area contributed by atoms with Crippen molar-refractivity contribution in [2.24, 2.45) is 0 Å². The van der Waals surface area contributed by atoms with Crippen molar-refractivity contribution in [2.45, 2.75) is 24.3 Å². The van der Waals surface area contributed by atoms with Crippen LogP contribution in [0.5, 0.6) is 0 Å². The number of thiazole rings is 1. The summed E-state index contributed by atoms with van der Waals surface area (Å²) in [6, 6.07) is 14.1. The molecule has 148 valence electrons. The largest absolute Gasteiger partial charge is 0.446 e. The Morgan fingerprint density at radius 3 is 2.62 bits per heavy atom. The average Bonchev–Trinajstić information content (AvgIpc) is 3.14. The lowest BCUT2D eigenvalue weighted by molar-refractivity contribution is -0.0327. The summed E-state index contributed by atoms with van der Waals surface area (Å²) in [6.45, 7) is 4.05. The molecule has 2 aromatic carbocycles. The highest BCUT2D eigenvalue weighted by molar-refractivity contribution is 8.00. The molecule has 3 aromatic rings. The first-order valence-corrected chi connectivity index (χ1v) is 10.2. The fourth-order valence-corrected chi connectivity index (χ4v) is 3.95. The molecule has 0 radical (unpaired) electrons. The number of para-hydroxylation sites is 1. The number of aromatic nitrogens is 1. The molecule has 8 heteroatoms. The normalized spacial score (nSPS) is 11.9. The Kier molecular flexibility index (Phi) is 6.30. The number of hydrogen-bond donors (Lipinski definition) is 1. The van der Waals surface area contributed by atoms with Crippen molar-refractivity contribution in [3.8, 4) is 17.3 Å². The van der Waals surface area contributed by atoms with Crippen molar-refractivity contribution in [1.82, 2.24) is 4.98 Å². The van der Waals surface area contributed by atoms with Crippen LogP contribution in [0.4, 0.5) is 18.9 Å². The Morgan fingerprint density at radius 2 is 1.93 bits per heavy atom. The zero-order valence-electron chi connectivity index (χ0n) is 15.5. The van der Waals surface area contributed by atoms with E-state index in [0.717, 1.165) is 16.8 Å². The van der Waals surface area contributed by atoms with Crippen molar-refractivity contribution in [3.63, 3.8) is 0 Å². The van der Waals surface area contributed by atoms with Gasteiger partial charge in [0, 0.05) is 22.0 Å². The average molecular weight is 432 g/mol. The number of benzene rings is 2. The quantitative estimate of drug-likeness (QED) is 0.348. The summed E-state index contributed by atoms with van der Waals surface area (Å²) >= 11 is 1.11. The molecular formula is C21H16F3N3S2. The Labute approximate surface area is 174 Å². The minimum atomic E-state index is -4.39. The van der Waals surface area contributed by atoms with Crippen LogP contribution in [0.2, 0.25) is 0 Å². The second-order valence-electron chi connectivity index (χ2n) is 6.20. The molecule has 1 aromatic heterocycles. The van der Waals surface area contributed by atoms with Gasteiger partial charge in [-0.3, -0.25) is 0 Å². The van der Waals surface area contributed by atoms with Gasteiger partial charge in [0.15, 0.2) is 0 Å². The lowest BCUT2D eigenvalue weighted by atomic mass is 10.1. The number of alkyl halides is 3. The predicted octanol–water partition coefficient (Wildman–Crippen LogP) is 7.02. The first-order valence-electron chi connectivity index (χ1n) is 8.52. The Hall–Kier alpha value is -2.76. The summed E-state index contributed by atoms with van der Waals surface area (Å²) in [5.41, 5.74) is 0.158. The third-order valence-electron chi connectivity index (χ3n) is 4.14. The number of nitrogens with zero attached hydrogens (tertiary/aromatic N) is 2. The maximum Gasteiger partial charge on any atom is 0.446 e. The van der Waals surface area contributed by atoms with Gasteiger partial charge in [0.25, 0.3) is 0 Å². The third-order valence-corrected chi connectivity index (χ3v) is 5.83. The van der Waals surface area contributed by atoms with Crippen LogP contribution in [0.25, 0.3) is 16.8 Å². The van der Waals surface area contributed by atoms with E-state index in [1.165, 1.54) is 41.3 Å². The van der Waals surface area contributed by atoms with Gasteiger partial charge in [-0.2, -0.15) is 18.4 Å². The lowest BCUT2D eigenvalue weighted by Gasteiger charge is -2.10. The second kappa shape index (κ2) is 8.72. The molecule has 3 rings (SSSR count). The first-order chi connectivity index (χ1) is 13.8. The van der Waals surface area contributed by atoms with E-state index in [-0.39, 0.29) is 27.9 Å². The van der Waals surface area contributed by atoms with Gasteiger partial charge in [-0.05, 0) is 54.9 Å². The number of thioether (sulfide) groups is 1. The number of aryl methyl sites for hydroxylation is 2. The van der Waals surface area contributed by atoms with Crippen molar-refractivity contribution in [2.75, 3.05) is 5.32 Å². The molecule has 0 unspecified atom stereocenters. The molecule has 0 atom stereocenters. The molecular weight excluding hydrogens is 415 g/mol. The summed E-state index contributed by atoms with van der Waals surface area (Å²) < 4.78 is 38.2. The molecule has 29 heavy (non-hydrogen) atoms. The van der Waals surface area contributed by atoms with Gasteiger partial charge in [0.1, 0.15) is 16.6 Å². The van der Waals surface area contributed by atoms with Crippen LogP contribution in [-0.4, -0.2) is 10.5 Å². The van der Waals surface area contributed by atoms with Gasteiger partial charge in [0.05, 0.1) is 11.4 Å². The number of rotatable bonds is 5. The van der Waals surface area contributed by atoms with Gasteiger partial charge in [-0.1, -0.05) is 24.3 Å². The molecule has 0 saturated heterocycles. The van der Waals surface area contributed by atoms with Crippen LogP contribution in [0, 0.1) is 25.2 Å². The zero-order chi connectivity index (χ0) is 21.0. The Bertz CT molecular complexity index is 1100. The van der Waals surface area contributed by atoms with E-state index in [9.17, 15) is 18.4 Å². The summed E-state index contributed by atoms with van der Waals surface area (Å²) in [4.78, 5) is 4.55. The van der Waals surface area contributed by atoms with Crippen LogP contribution in [0.15, 0.2) is 58.9 Å². The molecule has 0 aliphatic heterocycles. The van der Waals surface area contributed by atoms with Crippen LogP contribution < -0.4 is 5.32 Å². The van der Waals surface area contributed by atoms with Crippen molar-refractivity contribution in [1.29, 1.82) is 5.26 Å². The minimum Gasteiger partial charge on any atom is -0.359 e. The highest BCUT2D eigenvalue weighted by Gasteiger charge is 2.30. The van der Waals surface area contributed by atoms with E-state index >= 15 is 0 Å².